The lowest BCUT2D eigenvalue weighted by Crippen LogP contribution is -2.53. The van der Waals surface area contributed by atoms with Crippen molar-refractivity contribution >= 4 is 17.7 Å². The van der Waals surface area contributed by atoms with Crippen LogP contribution < -0.4 is 15.8 Å². The van der Waals surface area contributed by atoms with Crippen molar-refractivity contribution in [3.8, 4) is 5.75 Å². The van der Waals surface area contributed by atoms with Gasteiger partial charge in [0.15, 0.2) is 12.1 Å². The summed E-state index contributed by atoms with van der Waals surface area (Å²) in [5, 5.41) is 35.7. The van der Waals surface area contributed by atoms with E-state index in [0.717, 1.165) is 9.80 Å². The zero-order valence-corrected chi connectivity index (χ0v) is 18.4. The van der Waals surface area contributed by atoms with Crippen molar-refractivity contribution in [2.75, 3.05) is 13.2 Å². The van der Waals surface area contributed by atoms with Gasteiger partial charge in [0.1, 0.15) is 17.3 Å². The summed E-state index contributed by atoms with van der Waals surface area (Å²) in [6, 6.07) is 5.68. The van der Waals surface area contributed by atoms with Crippen LogP contribution in [0.25, 0.3) is 0 Å². The van der Waals surface area contributed by atoms with E-state index < -0.39 is 23.1 Å². The molecule has 0 saturated heterocycles. The summed E-state index contributed by atoms with van der Waals surface area (Å²) in [5.41, 5.74) is 4.34. The molecule has 10 nitrogen and oxygen atoms in total. The fourth-order valence-corrected chi connectivity index (χ4v) is 3.10. The van der Waals surface area contributed by atoms with Crippen molar-refractivity contribution in [1.82, 2.24) is 10.4 Å². The number of carbonyl (C=O) groups excluding carboxylic acids is 1. The fraction of sp³-hybridized carbons (Fsp3) is 0.571. The van der Waals surface area contributed by atoms with E-state index in [1.165, 1.54) is 0 Å². The number of amides is 1. The van der Waals surface area contributed by atoms with E-state index in [0.29, 0.717) is 37.1 Å². The number of carboxylic acid groups (broad SMARTS) is 1. The minimum Gasteiger partial charge on any atom is -0.714 e. The number of nitrogens with two attached hydrogens (primary N) is 1. The molecule has 31 heavy (non-hydrogen) atoms. The van der Waals surface area contributed by atoms with Gasteiger partial charge in [0.25, 0.3) is 5.91 Å². The first kappa shape index (κ1) is 24.4. The second-order valence-corrected chi connectivity index (χ2v) is 8.65. The van der Waals surface area contributed by atoms with Gasteiger partial charge in [0, 0.05) is 6.54 Å². The van der Waals surface area contributed by atoms with Gasteiger partial charge in [-0.2, -0.15) is 0 Å². The van der Waals surface area contributed by atoms with E-state index in [4.69, 9.17) is 15.6 Å². The molecule has 0 aliphatic carbocycles. The summed E-state index contributed by atoms with van der Waals surface area (Å²) < 4.78 is 6.27. The summed E-state index contributed by atoms with van der Waals surface area (Å²) in [7, 11) is 0. The Balaban J connectivity index is 1.84. The molecule has 0 saturated carbocycles. The number of carboxylic acids is 1. The van der Waals surface area contributed by atoms with Gasteiger partial charge >= 0.3 is 11.8 Å². The van der Waals surface area contributed by atoms with Crippen LogP contribution in [0.5, 0.6) is 5.75 Å². The minimum atomic E-state index is -1.03. The topological polar surface area (TPSA) is 151 Å². The molecule has 1 amide bonds. The minimum absolute atomic E-state index is 0.155. The van der Waals surface area contributed by atoms with Crippen molar-refractivity contribution in [1.29, 1.82) is 0 Å². The number of rotatable bonds is 10. The third-order valence-corrected chi connectivity index (χ3v) is 5.99. The molecule has 0 bridgehead atoms. The fourth-order valence-electron chi connectivity index (χ4n) is 3.10. The van der Waals surface area contributed by atoms with Crippen LogP contribution in [-0.2, 0) is 9.59 Å². The number of carbonyl (C=O) groups is 2. The van der Waals surface area contributed by atoms with E-state index in [2.05, 4.69) is 5.32 Å². The zero-order chi connectivity index (χ0) is 23.4. The highest BCUT2D eigenvalue weighted by Crippen LogP contribution is 2.37. The monoisotopic (exact) mass is 436 g/mol. The maximum absolute atomic E-state index is 12.7. The highest BCUT2D eigenvalue weighted by molar-refractivity contribution is 5.96. The van der Waals surface area contributed by atoms with Crippen molar-refractivity contribution in [3.05, 3.63) is 35.0 Å². The average molecular weight is 437 g/mol. The maximum atomic E-state index is 12.7. The number of hydrogen-bond acceptors (Lipinski definition) is 7. The molecular weight excluding hydrogens is 404 g/mol. The van der Waals surface area contributed by atoms with Gasteiger partial charge in [-0.15, -0.1) is 5.06 Å². The molecule has 1 atom stereocenters. The Bertz CT molecular complexity index is 835. The smallest absolute Gasteiger partial charge is 0.320 e. The Labute approximate surface area is 181 Å². The van der Waals surface area contributed by atoms with Crippen LogP contribution in [0.3, 0.4) is 0 Å². The van der Waals surface area contributed by atoms with E-state index >= 15 is 0 Å². The third kappa shape index (κ3) is 5.26. The molecular formula is C21H32N4O6. The third-order valence-electron chi connectivity index (χ3n) is 5.99. The zero-order valence-electron chi connectivity index (χ0n) is 18.4. The number of amidine groups is 1. The van der Waals surface area contributed by atoms with Crippen molar-refractivity contribution in [2.45, 2.75) is 64.1 Å². The van der Waals surface area contributed by atoms with Gasteiger partial charge in [0.05, 0.1) is 5.56 Å². The molecule has 0 aromatic heterocycles. The van der Waals surface area contributed by atoms with Crippen molar-refractivity contribution < 1.29 is 29.4 Å². The number of benzene rings is 1. The molecule has 1 aromatic carbocycles. The van der Waals surface area contributed by atoms with Crippen LogP contribution >= 0.6 is 0 Å². The number of hydrogen-bond donors (Lipinski definition) is 4. The Morgan fingerprint density at radius 2 is 1.84 bits per heavy atom. The predicted octanol–water partition coefficient (Wildman–Crippen LogP) is 1.28. The van der Waals surface area contributed by atoms with Gasteiger partial charge in [-0.25, -0.2) is 5.21 Å². The second-order valence-electron chi connectivity index (χ2n) is 8.65. The van der Waals surface area contributed by atoms with Crippen LogP contribution in [0.1, 0.15) is 52.5 Å². The van der Waals surface area contributed by atoms with Crippen LogP contribution in [0, 0.1) is 5.21 Å². The quantitative estimate of drug-likeness (QED) is 0.243. The highest BCUT2D eigenvalue weighted by atomic mass is 16.5. The standard InChI is InChI=1S/C21H32N4O6/c1-20(2)21(3,4)25(30)18(24(20)29)14-8-10-15(11-9-14)31-13-17(26)23-12-6-5-7-16(22)19(27)28/h8-11,16,29H,5-7,12-13,22H2,1-4H3,(H,23,26)(H,27,28)/t16-/m0/s1. The number of hydroxylamine groups is 3. The summed E-state index contributed by atoms with van der Waals surface area (Å²) in [5.74, 6) is -0.725. The lowest BCUT2D eigenvalue weighted by molar-refractivity contribution is -0.539. The molecule has 2 rings (SSSR count). The van der Waals surface area contributed by atoms with E-state index in [1.54, 1.807) is 52.0 Å². The maximum Gasteiger partial charge on any atom is 0.320 e. The molecule has 10 heteroatoms. The van der Waals surface area contributed by atoms with E-state index in [1.807, 2.05) is 0 Å². The first-order valence-electron chi connectivity index (χ1n) is 10.2. The Kier molecular flexibility index (Phi) is 7.50. The van der Waals surface area contributed by atoms with Gasteiger partial charge in [-0.1, -0.05) is 0 Å². The van der Waals surface area contributed by atoms with Crippen LogP contribution in [-0.4, -0.2) is 68.1 Å². The predicted molar refractivity (Wildman–Crippen MR) is 114 cm³/mol. The summed E-state index contributed by atoms with van der Waals surface area (Å²) in [4.78, 5) is 22.5. The summed E-state index contributed by atoms with van der Waals surface area (Å²) in [6.45, 7) is 7.36. The van der Waals surface area contributed by atoms with Crippen LogP contribution in [0.2, 0.25) is 0 Å². The molecule has 1 aliphatic heterocycles. The Morgan fingerprint density at radius 3 is 2.35 bits per heavy atom. The average Bonchev–Trinajstić information content (AvgIpc) is 2.83. The normalized spacial score (nSPS) is 18.1. The second kappa shape index (κ2) is 9.52. The molecule has 1 aromatic rings. The van der Waals surface area contributed by atoms with Crippen LogP contribution in [0.15, 0.2) is 24.3 Å². The number of nitrogens with zero attached hydrogens (tertiary/aromatic N) is 2. The van der Waals surface area contributed by atoms with Gasteiger partial charge in [0.2, 0.25) is 0 Å². The molecule has 1 heterocycles. The van der Waals surface area contributed by atoms with Gasteiger partial charge in [-0.3, -0.25) is 14.3 Å². The number of ether oxygens (including phenoxy) is 1. The van der Waals surface area contributed by atoms with Gasteiger partial charge < -0.3 is 26.1 Å². The first-order valence-corrected chi connectivity index (χ1v) is 10.2. The van der Waals surface area contributed by atoms with Crippen molar-refractivity contribution in [2.24, 2.45) is 5.73 Å². The van der Waals surface area contributed by atoms with E-state index in [-0.39, 0.29) is 18.3 Å². The largest absolute Gasteiger partial charge is 0.714 e. The number of unbranched alkanes of at least 4 members (excludes halogenated alkanes) is 1. The molecule has 0 fully saturated rings. The molecule has 5 N–H and O–H groups in total. The Morgan fingerprint density at radius 1 is 1.23 bits per heavy atom. The Hall–Kier alpha value is -2.85. The molecule has 0 spiro atoms. The SMILES string of the molecule is CC1(C)N(O)C(c2ccc(OCC(=O)NCCCC[C@H](N)C(=O)O)cc2)=[N+]([O-])C1(C)C. The lowest BCUT2D eigenvalue weighted by Gasteiger charge is -2.33. The number of nitrogens with one attached hydrogen (secondary N) is 1. The lowest BCUT2D eigenvalue weighted by atomic mass is 9.84. The highest BCUT2D eigenvalue weighted by Gasteiger charge is 2.58. The molecule has 0 unspecified atom stereocenters. The summed E-state index contributed by atoms with van der Waals surface area (Å²) in [6.07, 6.45) is 1.57. The van der Waals surface area contributed by atoms with Crippen molar-refractivity contribution in [3.63, 3.8) is 0 Å². The summed E-state index contributed by atoms with van der Waals surface area (Å²) >= 11 is 0. The van der Waals surface area contributed by atoms with E-state index in [9.17, 15) is 20.0 Å². The van der Waals surface area contributed by atoms with Crippen LogP contribution in [0.4, 0.5) is 0 Å². The van der Waals surface area contributed by atoms with Gasteiger partial charge in [-0.05, 0) is 71.2 Å². The first-order chi connectivity index (χ1) is 14.4. The molecule has 0 radical (unpaired) electrons. The number of aliphatic carboxylic acids is 1. The molecule has 172 valence electrons. The molecule has 1 aliphatic rings.